The van der Waals surface area contributed by atoms with Crippen LogP contribution in [0.2, 0.25) is 0 Å². The van der Waals surface area contributed by atoms with Gasteiger partial charge in [-0.3, -0.25) is 0 Å². The predicted octanol–water partition coefficient (Wildman–Crippen LogP) is 2.94. The minimum atomic E-state index is -4.42. The highest BCUT2D eigenvalue weighted by Crippen LogP contribution is 2.31. The van der Waals surface area contributed by atoms with E-state index in [0.29, 0.717) is 18.2 Å². The van der Waals surface area contributed by atoms with Crippen LogP contribution >= 0.6 is 0 Å². The highest BCUT2D eigenvalue weighted by molar-refractivity contribution is 5.59. The normalized spacial score (nSPS) is 19.9. The van der Waals surface area contributed by atoms with Gasteiger partial charge in [0, 0.05) is 13.1 Å². The largest absolute Gasteiger partial charge is 0.416 e. The van der Waals surface area contributed by atoms with Crippen molar-refractivity contribution in [1.82, 2.24) is 4.90 Å². The van der Waals surface area contributed by atoms with Gasteiger partial charge in [0.1, 0.15) is 6.07 Å². The van der Waals surface area contributed by atoms with Gasteiger partial charge in [0.05, 0.1) is 16.8 Å². The molecule has 1 saturated heterocycles. The third kappa shape index (κ3) is 3.42. The van der Waals surface area contributed by atoms with E-state index in [1.165, 1.54) is 6.07 Å². The first kappa shape index (κ1) is 14.7. The van der Waals surface area contributed by atoms with E-state index < -0.39 is 11.7 Å². The lowest BCUT2D eigenvalue weighted by Gasteiger charge is -2.15. The quantitative estimate of drug-likeness (QED) is 0.927. The Hall–Kier alpha value is -1.74. The summed E-state index contributed by atoms with van der Waals surface area (Å²) in [6.45, 7) is 2.67. The highest BCUT2D eigenvalue weighted by atomic mass is 19.4. The van der Waals surface area contributed by atoms with Crippen molar-refractivity contribution < 1.29 is 13.2 Å². The van der Waals surface area contributed by atoms with Crippen LogP contribution in [-0.4, -0.2) is 31.6 Å². The fourth-order valence-electron chi connectivity index (χ4n) is 2.41. The maximum absolute atomic E-state index is 12.6. The van der Waals surface area contributed by atoms with Crippen LogP contribution in [-0.2, 0) is 6.18 Å². The summed E-state index contributed by atoms with van der Waals surface area (Å²) in [4.78, 5) is 2.21. The van der Waals surface area contributed by atoms with Crippen molar-refractivity contribution in [2.75, 3.05) is 32.0 Å². The number of nitrogens with one attached hydrogen (secondary N) is 1. The molecule has 1 fully saturated rings. The van der Waals surface area contributed by atoms with Crippen LogP contribution in [0.15, 0.2) is 18.2 Å². The molecule has 3 nitrogen and oxygen atoms in total. The summed E-state index contributed by atoms with van der Waals surface area (Å²) in [5.41, 5.74) is -0.290. The maximum Gasteiger partial charge on any atom is 0.416 e. The molecule has 1 unspecified atom stereocenters. The summed E-state index contributed by atoms with van der Waals surface area (Å²) in [5, 5.41) is 12.1. The van der Waals surface area contributed by atoms with Gasteiger partial charge in [-0.25, -0.2) is 0 Å². The van der Waals surface area contributed by atoms with Crippen molar-refractivity contribution in [3.63, 3.8) is 0 Å². The van der Waals surface area contributed by atoms with Crippen LogP contribution in [0.5, 0.6) is 0 Å². The number of halogens is 3. The number of hydrogen-bond donors (Lipinski definition) is 1. The molecule has 2 rings (SSSR count). The number of alkyl halides is 3. The van der Waals surface area contributed by atoms with E-state index in [1.54, 1.807) is 0 Å². The van der Waals surface area contributed by atoms with Gasteiger partial charge in [0.25, 0.3) is 0 Å². The van der Waals surface area contributed by atoms with E-state index in [1.807, 2.05) is 13.1 Å². The molecular weight excluding hydrogens is 267 g/mol. The summed E-state index contributed by atoms with van der Waals surface area (Å²) < 4.78 is 37.7. The van der Waals surface area contributed by atoms with Gasteiger partial charge in [-0.05, 0) is 44.1 Å². The van der Waals surface area contributed by atoms with E-state index in [2.05, 4.69) is 10.2 Å². The van der Waals surface area contributed by atoms with Gasteiger partial charge in [0.15, 0.2) is 0 Å². The van der Waals surface area contributed by atoms with Gasteiger partial charge >= 0.3 is 6.18 Å². The van der Waals surface area contributed by atoms with Crippen molar-refractivity contribution in [2.24, 2.45) is 5.92 Å². The molecule has 0 amide bonds. The first-order chi connectivity index (χ1) is 9.40. The van der Waals surface area contributed by atoms with Gasteiger partial charge < -0.3 is 10.2 Å². The zero-order chi connectivity index (χ0) is 14.8. The van der Waals surface area contributed by atoms with Gasteiger partial charge in [-0.1, -0.05) is 0 Å². The van der Waals surface area contributed by atoms with Crippen molar-refractivity contribution in [2.45, 2.75) is 12.6 Å². The molecular formula is C14H16F3N3. The molecule has 1 aromatic carbocycles. The molecule has 0 aliphatic carbocycles. The Balaban J connectivity index is 2.07. The van der Waals surface area contributed by atoms with E-state index in [4.69, 9.17) is 5.26 Å². The molecule has 0 spiro atoms. The number of nitriles is 1. The average Bonchev–Trinajstić information content (AvgIpc) is 2.81. The van der Waals surface area contributed by atoms with Gasteiger partial charge in [-0.2, -0.15) is 18.4 Å². The lowest BCUT2D eigenvalue weighted by atomic mass is 10.1. The third-order valence-electron chi connectivity index (χ3n) is 3.54. The predicted molar refractivity (Wildman–Crippen MR) is 70.3 cm³/mol. The van der Waals surface area contributed by atoms with Gasteiger partial charge in [0.2, 0.25) is 0 Å². The van der Waals surface area contributed by atoms with Crippen LogP contribution in [0, 0.1) is 17.2 Å². The molecule has 108 valence electrons. The van der Waals surface area contributed by atoms with Crippen molar-refractivity contribution in [3.05, 3.63) is 29.3 Å². The number of nitrogens with zero attached hydrogens (tertiary/aromatic N) is 2. The fraction of sp³-hybridized carbons (Fsp3) is 0.500. The molecule has 0 radical (unpaired) electrons. The average molecular weight is 283 g/mol. The molecule has 0 aromatic heterocycles. The molecule has 0 bridgehead atoms. The molecule has 1 aliphatic heterocycles. The Morgan fingerprint density at radius 1 is 1.45 bits per heavy atom. The van der Waals surface area contributed by atoms with Crippen LogP contribution in [0.1, 0.15) is 17.5 Å². The number of hydrogen-bond acceptors (Lipinski definition) is 3. The first-order valence-corrected chi connectivity index (χ1v) is 6.44. The first-order valence-electron chi connectivity index (χ1n) is 6.44. The van der Waals surface area contributed by atoms with Crippen molar-refractivity contribution >= 4 is 5.69 Å². The summed E-state index contributed by atoms with van der Waals surface area (Å²) in [7, 11) is 2.04. The second-order valence-corrected chi connectivity index (χ2v) is 5.17. The number of likely N-dealkylation sites (tertiary alicyclic amines) is 1. The van der Waals surface area contributed by atoms with Crippen molar-refractivity contribution in [3.8, 4) is 6.07 Å². The SMILES string of the molecule is CN1CCC(CNc2ccc(C(F)(F)F)cc2C#N)C1. The molecule has 6 heteroatoms. The summed E-state index contributed by atoms with van der Waals surface area (Å²) in [6.07, 6.45) is -3.36. The van der Waals surface area contributed by atoms with E-state index in [9.17, 15) is 13.2 Å². The molecule has 1 aromatic rings. The second kappa shape index (κ2) is 5.71. The monoisotopic (exact) mass is 283 g/mol. The Morgan fingerprint density at radius 2 is 2.20 bits per heavy atom. The number of benzene rings is 1. The van der Waals surface area contributed by atoms with E-state index in [0.717, 1.165) is 31.6 Å². The fourth-order valence-corrected chi connectivity index (χ4v) is 2.41. The zero-order valence-electron chi connectivity index (χ0n) is 11.2. The molecule has 1 N–H and O–H groups in total. The van der Waals surface area contributed by atoms with Crippen LogP contribution in [0.3, 0.4) is 0 Å². The molecule has 0 saturated carbocycles. The second-order valence-electron chi connectivity index (χ2n) is 5.17. The zero-order valence-corrected chi connectivity index (χ0v) is 11.2. The molecule has 1 atom stereocenters. The van der Waals surface area contributed by atoms with Gasteiger partial charge in [-0.15, -0.1) is 0 Å². The van der Waals surface area contributed by atoms with E-state index >= 15 is 0 Å². The molecule has 1 aliphatic rings. The minimum Gasteiger partial charge on any atom is -0.384 e. The van der Waals surface area contributed by atoms with Crippen LogP contribution in [0.25, 0.3) is 0 Å². The Labute approximate surface area is 116 Å². The lowest BCUT2D eigenvalue weighted by molar-refractivity contribution is -0.137. The molecule has 20 heavy (non-hydrogen) atoms. The number of anilines is 1. The Bertz CT molecular complexity index is 519. The summed E-state index contributed by atoms with van der Waals surface area (Å²) in [5.74, 6) is 0.467. The standard InChI is InChI=1S/C14H16F3N3/c1-20-5-4-10(9-20)8-19-13-3-2-12(14(15,16)17)6-11(13)7-18/h2-3,6,10,19H,4-5,8-9H2,1H3. The minimum absolute atomic E-state index is 0.0335. The van der Waals surface area contributed by atoms with Crippen LogP contribution in [0.4, 0.5) is 18.9 Å². The topological polar surface area (TPSA) is 39.1 Å². The maximum atomic E-state index is 12.6. The third-order valence-corrected chi connectivity index (χ3v) is 3.54. The number of rotatable bonds is 3. The molecule has 1 heterocycles. The highest BCUT2D eigenvalue weighted by Gasteiger charge is 2.31. The van der Waals surface area contributed by atoms with E-state index in [-0.39, 0.29) is 5.56 Å². The summed E-state index contributed by atoms with van der Waals surface area (Å²) in [6, 6.07) is 5.05. The Kier molecular flexibility index (Phi) is 4.19. The van der Waals surface area contributed by atoms with Crippen molar-refractivity contribution in [1.29, 1.82) is 5.26 Å². The Morgan fingerprint density at radius 3 is 2.75 bits per heavy atom. The lowest BCUT2D eigenvalue weighted by Crippen LogP contribution is -2.19. The smallest absolute Gasteiger partial charge is 0.384 e. The summed E-state index contributed by atoms with van der Waals surface area (Å²) >= 11 is 0. The van der Waals surface area contributed by atoms with Crippen LogP contribution < -0.4 is 5.32 Å².